The van der Waals surface area contributed by atoms with Gasteiger partial charge >= 0.3 is 0 Å². The van der Waals surface area contributed by atoms with E-state index in [0.29, 0.717) is 33.8 Å². The van der Waals surface area contributed by atoms with Crippen LogP contribution < -0.4 is 20.5 Å². The zero-order valence-electron chi connectivity index (χ0n) is 12.2. The lowest BCUT2D eigenvalue weighted by Crippen LogP contribution is -2.09. The van der Waals surface area contributed by atoms with Crippen molar-refractivity contribution in [3.05, 3.63) is 35.4 Å². The minimum absolute atomic E-state index is 0.00421. The fraction of sp³-hybridized carbons (Fsp3) is 0.267. The zero-order chi connectivity index (χ0) is 15.4. The summed E-state index contributed by atoms with van der Waals surface area (Å²) < 4.78 is 10.7. The highest BCUT2D eigenvalue weighted by molar-refractivity contribution is 6.33. The zero-order valence-corrected chi connectivity index (χ0v) is 12.9. The lowest BCUT2D eigenvalue weighted by atomic mass is 10.3. The molecule has 1 heterocycles. The fourth-order valence-electron chi connectivity index (χ4n) is 1.70. The van der Waals surface area contributed by atoms with E-state index < -0.39 is 0 Å². The molecule has 0 unspecified atom stereocenters. The summed E-state index contributed by atoms with van der Waals surface area (Å²) in [6.45, 7) is 3.83. The smallest absolute Gasteiger partial charge is 0.239 e. The molecule has 21 heavy (non-hydrogen) atoms. The number of ether oxygens (including phenoxy) is 2. The molecule has 0 bridgehead atoms. The number of rotatable bonds is 5. The van der Waals surface area contributed by atoms with Crippen molar-refractivity contribution in [3.8, 4) is 11.6 Å². The quantitative estimate of drug-likeness (QED) is 0.878. The van der Waals surface area contributed by atoms with Gasteiger partial charge in [0.15, 0.2) is 0 Å². The lowest BCUT2D eigenvalue weighted by molar-refractivity contribution is 0.234. The van der Waals surface area contributed by atoms with Crippen molar-refractivity contribution >= 4 is 28.8 Å². The van der Waals surface area contributed by atoms with Crippen LogP contribution in [0.25, 0.3) is 0 Å². The van der Waals surface area contributed by atoms with Gasteiger partial charge in [-0.3, -0.25) is 0 Å². The van der Waals surface area contributed by atoms with Gasteiger partial charge in [-0.2, -0.15) is 4.98 Å². The van der Waals surface area contributed by atoms with Gasteiger partial charge in [0.05, 0.1) is 29.6 Å². The van der Waals surface area contributed by atoms with Crippen LogP contribution in [0.15, 0.2) is 30.3 Å². The normalized spacial score (nSPS) is 10.5. The molecule has 3 N–H and O–H groups in total. The van der Waals surface area contributed by atoms with E-state index in [9.17, 15) is 0 Å². The number of aromatic nitrogens is 1. The maximum atomic E-state index is 6.16. The van der Waals surface area contributed by atoms with Crippen molar-refractivity contribution in [2.24, 2.45) is 0 Å². The molecule has 0 aliphatic rings. The summed E-state index contributed by atoms with van der Waals surface area (Å²) in [6, 6.07) is 8.84. The third-order valence-electron chi connectivity index (χ3n) is 2.67. The second kappa shape index (κ2) is 6.54. The number of hydrogen-bond donors (Lipinski definition) is 2. The van der Waals surface area contributed by atoms with E-state index in [0.717, 1.165) is 0 Å². The first-order valence-corrected chi connectivity index (χ1v) is 6.91. The second-order valence-corrected chi connectivity index (χ2v) is 5.14. The Hall–Kier alpha value is -2.14. The fourth-order valence-corrected chi connectivity index (χ4v) is 1.87. The van der Waals surface area contributed by atoms with Crippen LogP contribution in [0.2, 0.25) is 5.02 Å². The van der Waals surface area contributed by atoms with E-state index in [1.54, 1.807) is 37.4 Å². The summed E-state index contributed by atoms with van der Waals surface area (Å²) in [5, 5.41) is 3.70. The number of benzene rings is 1. The molecule has 0 aliphatic carbocycles. The summed E-state index contributed by atoms with van der Waals surface area (Å²) in [4.78, 5) is 4.35. The van der Waals surface area contributed by atoms with E-state index in [1.165, 1.54) is 0 Å². The predicted molar refractivity (Wildman–Crippen MR) is 85.7 cm³/mol. The van der Waals surface area contributed by atoms with Gasteiger partial charge in [0.2, 0.25) is 5.88 Å². The van der Waals surface area contributed by atoms with Crippen LogP contribution in [-0.2, 0) is 0 Å². The third-order valence-corrected chi connectivity index (χ3v) is 3.00. The van der Waals surface area contributed by atoms with E-state index in [4.69, 9.17) is 26.8 Å². The SMILES string of the molecule is COc1ccc(Cl)c(Nc2ccc(N)c(OC(C)C)n2)c1. The molecule has 6 heteroatoms. The summed E-state index contributed by atoms with van der Waals surface area (Å²) >= 11 is 6.16. The molecule has 0 saturated carbocycles. The molecule has 5 nitrogen and oxygen atoms in total. The molecule has 0 saturated heterocycles. The number of nitrogens with two attached hydrogens (primary N) is 1. The molecular formula is C15H18ClN3O2. The van der Waals surface area contributed by atoms with Gasteiger partial charge in [-0.15, -0.1) is 0 Å². The molecule has 1 aromatic carbocycles. The Labute approximate surface area is 129 Å². The Morgan fingerprint density at radius 2 is 2.00 bits per heavy atom. The van der Waals surface area contributed by atoms with Gasteiger partial charge < -0.3 is 20.5 Å². The highest BCUT2D eigenvalue weighted by atomic mass is 35.5. The molecule has 112 valence electrons. The summed E-state index contributed by atoms with van der Waals surface area (Å²) in [6.07, 6.45) is -0.00421. The largest absolute Gasteiger partial charge is 0.497 e. The average molecular weight is 308 g/mol. The molecular weight excluding hydrogens is 290 g/mol. The van der Waals surface area contributed by atoms with E-state index in [2.05, 4.69) is 10.3 Å². The molecule has 0 fully saturated rings. The Bertz CT molecular complexity index is 632. The predicted octanol–water partition coefficient (Wildman–Crippen LogP) is 3.86. The van der Waals surface area contributed by atoms with Crippen LogP contribution >= 0.6 is 11.6 Å². The Morgan fingerprint density at radius 3 is 2.67 bits per heavy atom. The summed E-state index contributed by atoms with van der Waals surface area (Å²) in [5.74, 6) is 1.69. The van der Waals surface area contributed by atoms with E-state index in [-0.39, 0.29) is 6.10 Å². The number of methoxy groups -OCH3 is 1. The molecule has 2 aromatic rings. The van der Waals surface area contributed by atoms with Gasteiger partial charge in [0.25, 0.3) is 0 Å². The van der Waals surface area contributed by atoms with E-state index in [1.807, 2.05) is 13.8 Å². The molecule has 2 rings (SSSR count). The van der Waals surface area contributed by atoms with Crippen LogP contribution in [0.3, 0.4) is 0 Å². The Balaban J connectivity index is 2.27. The first-order chi connectivity index (χ1) is 9.99. The highest BCUT2D eigenvalue weighted by Gasteiger charge is 2.08. The molecule has 0 atom stereocenters. The maximum Gasteiger partial charge on any atom is 0.239 e. The number of halogens is 1. The summed E-state index contributed by atoms with van der Waals surface area (Å²) in [5.41, 5.74) is 7.03. The number of anilines is 3. The molecule has 0 radical (unpaired) electrons. The topological polar surface area (TPSA) is 69.4 Å². The molecule has 0 aliphatic heterocycles. The average Bonchev–Trinajstić information content (AvgIpc) is 2.44. The minimum Gasteiger partial charge on any atom is -0.497 e. The van der Waals surface area contributed by atoms with Crippen molar-refractivity contribution in [3.63, 3.8) is 0 Å². The molecule has 0 spiro atoms. The Morgan fingerprint density at radius 1 is 1.24 bits per heavy atom. The third kappa shape index (κ3) is 3.92. The van der Waals surface area contributed by atoms with Crippen LogP contribution in [0.4, 0.5) is 17.2 Å². The maximum absolute atomic E-state index is 6.16. The minimum atomic E-state index is -0.00421. The monoisotopic (exact) mass is 307 g/mol. The van der Waals surface area contributed by atoms with Gasteiger partial charge in [-0.1, -0.05) is 11.6 Å². The number of nitrogen functional groups attached to an aromatic ring is 1. The van der Waals surface area contributed by atoms with Gasteiger partial charge in [0, 0.05) is 6.07 Å². The standard InChI is InChI=1S/C15H18ClN3O2/c1-9(2)21-15-12(17)6-7-14(19-15)18-13-8-10(20-3)4-5-11(13)16/h4-9H,17H2,1-3H3,(H,18,19). The van der Waals surface area contributed by atoms with Crippen molar-refractivity contribution in [1.29, 1.82) is 0 Å². The Kier molecular flexibility index (Phi) is 4.75. The van der Waals surface area contributed by atoms with Gasteiger partial charge in [0.1, 0.15) is 11.6 Å². The van der Waals surface area contributed by atoms with Crippen LogP contribution in [0.1, 0.15) is 13.8 Å². The lowest BCUT2D eigenvalue weighted by Gasteiger charge is -2.14. The van der Waals surface area contributed by atoms with Gasteiger partial charge in [-0.05, 0) is 38.1 Å². The van der Waals surface area contributed by atoms with Crippen molar-refractivity contribution in [2.75, 3.05) is 18.2 Å². The van der Waals surface area contributed by atoms with Crippen LogP contribution in [0.5, 0.6) is 11.6 Å². The number of hydrogen-bond acceptors (Lipinski definition) is 5. The van der Waals surface area contributed by atoms with Crippen molar-refractivity contribution in [1.82, 2.24) is 4.98 Å². The first kappa shape index (κ1) is 15.3. The number of pyridine rings is 1. The van der Waals surface area contributed by atoms with Crippen LogP contribution in [0, 0.1) is 0 Å². The number of nitrogens with zero attached hydrogens (tertiary/aromatic N) is 1. The highest BCUT2D eigenvalue weighted by Crippen LogP contribution is 2.30. The molecule has 0 amide bonds. The van der Waals surface area contributed by atoms with Crippen molar-refractivity contribution in [2.45, 2.75) is 20.0 Å². The number of nitrogens with one attached hydrogen (secondary N) is 1. The summed E-state index contributed by atoms with van der Waals surface area (Å²) in [7, 11) is 1.60. The van der Waals surface area contributed by atoms with Gasteiger partial charge in [-0.25, -0.2) is 0 Å². The molecule has 1 aromatic heterocycles. The van der Waals surface area contributed by atoms with Crippen LogP contribution in [-0.4, -0.2) is 18.2 Å². The van der Waals surface area contributed by atoms with E-state index >= 15 is 0 Å². The first-order valence-electron chi connectivity index (χ1n) is 6.53. The second-order valence-electron chi connectivity index (χ2n) is 4.73. The van der Waals surface area contributed by atoms with Crippen molar-refractivity contribution < 1.29 is 9.47 Å².